The molecule has 1 N–H and O–H groups in total. The standard InChI is InChI=1S/C22H24F2N6O/c1-15-2-3-18(11-21(15)29-6-4-28(5-7-29)20-12-31-13-20)26-22-25-14-30(27-22)19-9-16(23)8-17(24)10-19/h2-3,8-11,14,20H,4-7,12-13H2,1H3,(H,26,27). The van der Waals surface area contributed by atoms with Gasteiger partial charge >= 0.3 is 0 Å². The zero-order chi connectivity index (χ0) is 21.4. The molecule has 0 aliphatic carbocycles. The normalized spacial score (nSPS) is 17.6. The Morgan fingerprint density at radius 1 is 1.00 bits per heavy atom. The van der Waals surface area contributed by atoms with Crippen LogP contribution >= 0.6 is 0 Å². The Morgan fingerprint density at radius 3 is 2.42 bits per heavy atom. The van der Waals surface area contributed by atoms with Crippen molar-refractivity contribution in [3.63, 3.8) is 0 Å². The van der Waals surface area contributed by atoms with Crippen molar-refractivity contribution >= 4 is 17.3 Å². The van der Waals surface area contributed by atoms with Gasteiger partial charge in [-0.05, 0) is 36.8 Å². The molecule has 9 heteroatoms. The van der Waals surface area contributed by atoms with Gasteiger partial charge in [0.15, 0.2) is 0 Å². The van der Waals surface area contributed by atoms with Crippen LogP contribution in [0.4, 0.5) is 26.1 Å². The zero-order valence-corrected chi connectivity index (χ0v) is 17.3. The number of hydrogen-bond donors (Lipinski definition) is 1. The number of halogens is 2. The number of aromatic nitrogens is 3. The highest BCUT2D eigenvalue weighted by atomic mass is 19.1. The molecule has 0 amide bonds. The summed E-state index contributed by atoms with van der Waals surface area (Å²) in [5.74, 6) is -0.962. The van der Waals surface area contributed by atoms with Gasteiger partial charge in [-0.2, -0.15) is 4.98 Å². The smallest absolute Gasteiger partial charge is 0.246 e. The van der Waals surface area contributed by atoms with Crippen molar-refractivity contribution in [2.24, 2.45) is 0 Å². The predicted octanol–water partition coefficient (Wildman–Crippen LogP) is 3.12. The van der Waals surface area contributed by atoms with Crippen LogP contribution in [0.2, 0.25) is 0 Å². The molecule has 0 spiro atoms. The molecule has 2 aliphatic heterocycles. The summed E-state index contributed by atoms with van der Waals surface area (Å²) in [5, 5.41) is 7.49. The van der Waals surface area contributed by atoms with Crippen LogP contribution in [0.1, 0.15) is 5.56 Å². The predicted molar refractivity (Wildman–Crippen MR) is 114 cm³/mol. The van der Waals surface area contributed by atoms with E-state index in [9.17, 15) is 8.78 Å². The molecule has 0 saturated carbocycles. The number of rotatable bonds is 5. The Bertz CT molecular complexity index is 1060. The maximum Gasteiger partial charge on any atom is 0.246 e. The Morgan fingerprint density at radius 2 is 1.74 bits per heavy atom. The van der Waals surface area contributed by atoms with E-state index in [1.165, 1.54) is 34.4 Å². The van der Waals surface area contributed by atoms with Crippen molar-refractivity contribution < 1.29 is 13.5 Å². The van der Waals surface area contributed by atoms with E-state index in [0.717, 1.165) is 51.1 Å². The first-order chi connectivity index (χ1) is 15.0. The van der Waals surface area contributed by atoms with Gasteiger partial charge in [0.1, 0.15) is 18.0 Å². The summed E-state index contributed by atoms with van der Waals surface area (Å²) in [6, 6.07) is 9.96. The number of benzene rings is 2. The van der Waals surface area contributed by atoms with Crippen LogP contribution in [0.25, 0.3) is 5.69 Å². The minimum Gasteiger partial charge on any atom is -0.378 e. The SMILES string of the molecule is Cc1ccc(Nc2ncn(-c3cc(F)cc(F)c3)n2)cc1N1CCN(C2COC2)CC1. The number of ether oxygens (including phenoxy) is 1. The number of nitrogens with one attached hydrogen (secondary N) is 1. The topological polar surface area (TPSA) is 58.5 Å². The molecule has 7 nitrogen and oxygen atoms in total. The number of nitrogens with zero attached hydrogens (tertiary/aromatic N) is 5. The minimum atomic E-state index is -0.659. The monoisotopic (exact) mass is 426 g/mol. The van der Waals surface area contributed by atoms with Crippen molar-refractivity contribution in [3.05, 3.63) is 59.9 Å². The second-order valence-electron chi connectivity index (χ2n) is 7.98. The second kappa shape index (κ2) is 8.24. The third-order valence-electron chi connectivity index (χ3n) is 5.86. The molecule has 0 radical (unpaired) electrons. The molecule has 31 heavy (non-hydrogen) atoms. The van der Waals surface area contributed by atoms with Crippen LogP contribution in [0.5, 0.6) is 0 Å². The van der Waals surface area contributed by atoms with E-state index in [1.807, 2.05) is 6.07 Å². The first-order valence-electron chi connectivity index (χ1n) is 10.4. The van der Waals surface area contributed by atoms with Crippen molar-refractivity contribution in [2.75, 3.05) is 49.6 Å². The molecular formula is C22H24F2N6O. The molecule has 1 aromatic heterocycles. The molecule has 2 aromatic carbocycles. The summed E-state index contributed by atoms with van der Waals surface area (Å²) in [4.78, 5) is 9.12. The molecule has 2 aliphatic rings. The van der Waals surface area contributed by atoms with Crippen LogP contribution in [0, 0.1) is 18.6 Å². The molecule has 0 unspecified atom stereocenters. The van der Waals surface area contributed by atoms with Crippen LogP contribution in [-0.2, 0) is 4.74 Å². The van der Waals surface area contributed by atoms with Crippen molar-refractivity contribution in [1.82, 2.24) is 19.7 Å². The number of anilines is 3. The second-order valence-corrected chi connectivity index (χ2v) is 7.98. The van der Waals surface area contributed by atoms with Gasteiger partial charge in [-0.1, -0.05) is 6.07 Å². The number of hydrogen-bond acceptors (Lipinski definition) is 6. The third kappa shape index (κ3) is 4.24. The van der Waals surface area contributed by atoms with Crippen LogP contribution in [0.3, 0.4) is 0 Å². The van der Waals surface area contributed by atoms with Gasteiger partial charge in [0.05, 0.1) is 24.9 Å². The summed E-state index contributed by atoms with van der Waals surface area (Å²) in [5.41, 5.74) is 3.52. The van der Waals surface area contributed by atoms with Gasteiger partial charge in [0, 0.05) is 43.6 Å². The van der Waals surface area contributed by atoms with E-state index in [-0.39, 0.29) is 5.69 Å². The fourth-order valence-corrected chi connectivity index (χ4v) is 4.04. The molecule has 5 rings (SSSR count). The number of piperazine rings is 1. The lowest BCUT2D eigenvalue weighted by Crippen LogP contribution is -2.56. The average Bonchev–Trinajstić information content (AvgIpc) is 3.17. The van der Waals surface area contributed by atoms with E-state index in [1.54, 1.807) is 0 Å². The molecule has 2 saturated heterocycles. The summed E-state index contributed by atoms with van der Waals surface area (Å²) in [6.45, 7) is 7.80. The molecular weight excluding hydrogens is 402 g/mol. The Hall–Kier alpha value is -3.04. The summed E-state index contributed by atoms with van der Waals surface area (Å²) < 4.78 is 33.6. The van der Waals surface area contributed by atoms with Gasteiger partial charge in [0.2, 0.25) is 5.95 Å². The maximum atomic E-state index is 13.5. The minimum absolute atomic E-state index is 0.275. The van der Waals surface area contributed by atoms with Crippen molar-refractivity contribution in [1.29, 1.82) is 0 Å². The largest absolute Gasteiger partial charge is 0.378 e. The van der Waals surface area contributed by atoms with E-state index < -0.39 is 11.6 Å². The van der Waals surface area contributed by atoms with E-state index in [0.29, 0.717) is 12.0 Å². The molecule has 0 atom stereocenters. The van der Waals surface area contributed by atoms with E-state index >= 15 is 0 Å². The van der Waals surface area contributed by atoms with Crippen LogP contribution in [0.15, 0.2) is 42.7 Å². The van der Waals surface area contributed by atoms with Crippen LogP contribution < -0.4 is 10.2 Å². The van der Waals surface area contributed by atoms with Gasteiger partial charge in [0.25, 0.3) is 0 Å². The van der Waals surface area contributed by atoms with E-state index in [2.05, 4.69) is 44.3 Å². The lowest BCUT2D eigenvalue weighted by atomic mass is 10.1. The fraction of sp³-hybridized carbons (Fsp3) is 0.364. The van der Waals surface area contributed by atoms with Crippen LogP contribution in [-0.4, -0.2) is 65.1 Å². The highest BCUT2D eigenvalue weighted by molar-refractivity contribution is 5.65. The zero-order valence-electron chi connectivity index (χ0n) is 17.3. The molecule has 2 fully saturated rings. The molecule has 0 bridgehead atoms. The third-order valence-corrected chi connectivity index (χ3v) is 5.86. The molecule has 162 valence electrons. The Balaban J connectivity index is 1.29. The van der Waals surface area contributed by atoms with Crippen molar-refractivity contribution in [2.45, 2.75) is 13.0 Å². The number of aryl methyl sites for hydroxylation is 1. The summed E-state index contributed by atoms with van der Waals surface area (Å²) in [7, 11) is 0. The quantitative estimate of drug-likeness (QED) is 0.677. The molecule has 3 heterocycles. The Labute approximate surface area is 179 Å². The lowest BCUT2D eigenvalue weighted by molar-refractivity contribution is -0.0660. The fourth-order valence-electron chi connectivity index (χ4n) is 4.04. The maximum absolute atomic E-state index is 13.5. The first kappa shape index (κ1) is 19.9. The van der Waals surface area contributed by atoms with E-state index in [4.69, 9.17) is 4.74 Å². The van der Waals surface area contributed by atoms with Gasteiger partial charge < -0.3 is 15.0 Å². The molecule has 3 aromatic rings. The average molecular weight is 426 g/mol. The highest BCUT2D eigenvalue weighted by Crippen LogP contribution is 2.27. The lowest BCUT2D eigenvalue weighted by Gasteiger charge is -2.43. The summed E-state index contributed by atoms with van der Waals surface area (Å²) in [6.07, 6.45) is 1.43. The van der Waals surface area contributed by atoms with Gasteiger partial charge in [-0.25, -0.2) is 13.5 Å². The van der Waals surface area contributed by atoms with Crippen molar-refractivity contribution in [3.8, 4) is 5.69 Å². The van der Waals surface area contributed by atoms with Gasteiger partial charge in [-0.15, -0.1) is 5.10 Å². The summed E-state index contributed by atoms with van der Waals surface area (Å²) >= 11 is 0. The highest BCUT2D eigenvalue weighted by Gasteiger charge is 2.29. The first-order valence-corrected chi connectivity index (χ1v) is 10.4. The Kier molecular flexibility index (Phi) is 5.29. The van der Waals surface area contributed by atoms with Gasteiger partial charge in [-0.3, -0.25) is 4.90 Å².